The second-order valence-electron chi connectivity index (χ2n) is 4.09. The molecule has 0 aliphatic rings. The van der Waals surface area contributed by atoms with Crippen molar-refractivity contribution in [2.75, 3.05) is 0 Å². The fourth-order valence-corrected chi connectivity index (χ4v) is 2.12. The Morgan fingerprint density at radius 1 is 1.06 bits per heavy atom. The first kappa shape index (κ1) is 15.0. The molecule has 0 spiro atoms. The number of hydrogen-bond acceptors (Lipinski definition) is 1. The summed E-state index contributed by atoms with van der Waals surface area (Å²) < 4.78 is 0. The van der Waals surface area contributed by atoms with E-state index in [9.17, 15) is 0 Å². The summed E-state index contributed by atoms with van der Waals surface area (Å²) in [6, 6.07) is 15.9. The van der Waals surface area contributed by atoms with Crippen LogP contribution in [-0.4, -0.2) is 0 Å². The average molecular weight is 282 g/mol. The Labute approximate surface area is 119 Å². The van der Waals surface area contributed by atoms with Crippen molar-refractivity contribution in [3.63, 3.8) is 0 Å². The topological polar surface area (TPSA) is 26.0 Å². The van der Waals surface area contributed by atoms with E-state index in [1.807, 2.05) is 24.3 Å². The molecule has 2 rings (SSSR count). The fraction of sp³-hybridized carbons (Fsp3) is 0.200. The Morgan fingerprint density at radius 3 is 2.22 bits per heavy atom. The molecule has 1 unspecified atom stereocenters. The fourth-order valence-electron chi connectivity index (χ4n) is 1.87. The van der Waals surface area contributed by atoms with E-state index in [4.69, 9.17) is 17.3 Å². The van der Waals surface area contributed by atoms with Crippen LogP contribution in [0, 0.1) is 0 Å². The van der Waals surface area contributed by atoms with Gasteiger partial charge in [0.2, 0.25) is 0 Å². The maximum absolute atomic E-state index is 6.22. The number of halogens is 2. The van der Waals surface area contributed by atoms with Gasteiger partial charge in [-0.05, 0) is 29.2 Å². The van der Waals surface area contributed by atoms with Crippen LogP contribution in [0.5, 0.6) is 0 Å². The lowest BCUT2D eigenvalue weighted by molar-refractivity contribution is 0.870. The van der Waals surface area contributed by atoms with Crippen molar-refractivity contribution in [1.82, 2.24) is 0 Å². The van der Waals surface area contributed by atoms with Crippen LogP contribution < -0.4 is 5.73 Å². The van der Waals surface area contributed by atoms with Gasteiger partial charge >= 0.3 is 0 Å². The number of hydrogen-bond donors (Lipinski definition) is 1. The van der Waals surface area contributed by atoms with Gasteiger partial charge in [0, 0.05) is 5.02 Å². The summed E-state index contributed by atoms with van der Waals surface area (Å²) in [4.78, 5) is 0. The van der Waals surface area contributed by atoms with Gasteiger partial charge in [-0.1, -0.05) is 61.0 Å². The Hall–Kier alpha value is -1.02. The molecule has 2 aromatic rings. The molecule has 96 valence electrons. The van der Waals surface area contributed by atoms with Gasteiger partial charge in [-0.3, -0.25) is 0 Å². The predicted molar refractivity (Wildman–Crippen MR) is 80.6 cm³/mol. The van der Waals surface area contributed by atoms with Gasteiger partial charge in [0.05, 0.1) is 6.04 Å². The van der Waals surface area contributed by atoms with E-state index in [1.165, 1.54) is 5.56 Å². The molecule has 0 aromatic heterocycles. The molecule has 2 aromatic carbocycles. The molecule has 0 aliphatic heterocycles. The highest BCUT2D eigenvalue weighted by Gasteiger charge is 2.11. The van der Waals surface area contributed by atoms with E-state index in [0.717, 1.165) is 22.6 Å². The van der Waals surface area contributed by atoms with Crippen molar-refractivity contribution in [3.8, 4) is 0 Å². The predicted octanol–water partition coefficient (Wildman–Crippen LogP) is 4.37. The molecule has 1 nitrogen and oxygen atoms in total. The SMILES string of the molecule is CCc1ccc(C(N)c2ccccc2Cl)cc1.Cl. The van der Waals surface area contributed by atoms with Gasteiger partial charge in [0.1, 0.15) is 0 Å². The summed E-state index contributed by atoms with van der Waals surface area (Å²) in [5.74, 6) is 0. The molecule has 0 aliphatic carbocycles. The smallest absolute Gasteiger partial charge is 0.0566 e. The molecule has 0 saturated carbocycles. The van der Waals surface area contributed by atoms with Crippen LogP contribution >= 0.6 is 24.0 Å². The van der Waals surface area contributed by atoms with E-state index in [2.05, 4.69) is 31.2 Å². The van der Waals surface area contributed by atoms with Crippen LogP contribution in [0.1, 0.15) is 29.7 Å². The van der Waals surface area contributed by atoms with Gasteiger partial charge in [-0.2, -0.15) is 0 Å². The van der Waals surface area contributed by atoms with Crippen molar-refractivity contribution in [1.29, 1.82) is 0 Å². The van der Waals surface area contributed by atoms with Gasteiger partial charge in [-0.15, -0.1) is 12.4 Å². The molecule has 3 heteroatoms. The zero-order chi connectivity index (χ0) is 12.3. The van der Waals surface area contributed by atoms with E-state index in [0.29, 0.717) is 0 Å². The minimum absolute atomic E-state index is 0. The summed E-state index contributed by atoms with van der Waals surface area (Å²) in [6.45, 7) is 2.14. The molecule has 0 radical (unpaired) electrons. The number of benzene rings is 2. The van der Waals surface area contributed by atoms with E-state index < -0.39 is 0 Å². The molecule has 0 fully saturated rings. The summed E-state index contributed by atoms with van der Waals surface area (Å²) in [6.07, 6.45) is 1.04. The lowest BCUT2D eigenvalue weighted by Crippen LogP contribution is -2.12. The summed E-state index contributed by atoms with van der Waals surface area (Å²) in [5.41, 5.74) is 9.61. The summed E-state index contributed by atoms with van der Waals surface area (Å²) >= 11 is 6.15. The Bertz CT molecular complexity index is 494. The third-order valence-electron chi connectivity index (χ3n) is 2.99. The minimum Gasteiger partial charge on any atom is -0.320 e. The zero-order valence-electron chi connectivity index (χ0n) is 10.3. The van der Waals surface area contributed by atoms with Crippen molar-refractivity contribution in [3.05, 3.63) is 70.2 Å². The lowest BCUT2D eigenvalue weighted by atomic mass is 9.98. The van der Waals surface area contributed by atoms with Gasteiger partial charge < -0.3 is 5.73 Å². The number of nitrogens with two attached hydrogens (primary N) is 1. The van der Waals surface area contributed by atoms with Crippen LogP contribution in [0.3, 0.4) is 0 Å². The molecule has 1 atom stereocenters. The third-order valence-corrected chi connectivity index (χ3v) is 3.33. The maximum Gasteiger partial charge on any atom is 0.0566 e. The summed E-state index contributed by atoms with van der Waals surface area (Å²) in [7, 11) is 0. The van der Waals surface area contributed by atoms with Gasteiger partial charge in [0.25, 0.3) is 0 Å². The van der Waals surface area contributed by atoms with Crippen LogP contribution in [0.2, 0.25) is 5.02 Å². The van der Waals surface area contributed by atoms with Crippen LogP contribution in [0.25, 0.3) is 0 Å². The van der Waals surface area contributed by atoms with Crippen LogP contribution in [-0.2, 0) is 6.42 Å². The quantitative estimate of drug-likeness (QED) is 0.888. The lowest BCUT2D eigenvalue weighted by Gasteiger charge is -2.14. The highest BCUT2D eigenvalue weighted by atomic mass is 35.5. The average Bonchev–Trinajstić information content (AvgIpc) is 2.39. The van der Waals surface area contributed by atoms with Crippen LogP contribution in [0.15, 0.2) is 48.5 Å². The molecule has 2 N–H and O–H groups in total. The summed E-state index contributed by atoms with van der Waals surface area (Å²) in [5, 5.41) is 0.722. The number of rotatable bonds is 3. The third kappa shape index (κ3) is 3.26. The van der Waals surface area contributed by atoms with Crippen molar-refractivity contribution >= 4 is 24.0 Å². The molecule has 0 heterocycles. The standard InChI is InChI=1S/C15H16ClN.ClH/c1-2-11-7-9-12(10-8-11)15(17)13-5-3-4-6-14(13)16;/h3-10,15H,2,17H2,1H3;1H. The molecule has 0 bridgehead atoms. The maximum atomic E-state index is 6.22. The van der Waals surface area contributed by atoms with Gasteiger partial charge in [-0.25, -0.2) is 0 Å². The minimum atomic E-state index is -0.158. The first-order valence-corrected chi connectivity index (χ1v) is 6.19. The highest BCUT2D eigenvalue weighted by molar-refractivity contribution is 6.31. The Kier molecular flexibility index (Phi) is 5.67. The normalized spacial score (nSPS) is 11.7. The van der Waals surface area contributed by atoms with E-state index in [-0.39, 0.29) is 18.4 Å². The second-order valence-corrected chi connectivity index (χ2v) is 4.50. The van der Waals surface area contributed by atoms with Crippen molar-refractivity contribution in [2.45, 2.75) is 19.4 Å². The molecular formula is C15H17Cl2N. The molecule has 0 amide bonds. The first-order chi connectivity index (χ1) is 8.22. The van der Waals surface area contributed by atoms with E-state index >= 15 is 0 Å². The monoisotopic (exact) mass is 281 g/mol. The highest BCUT2D eigenvalue weighted by Crippen LogP contribution is 2.26. The van der Waals surface area contributed by atoms with Crippen molar-refractivity contribution < 1.29 is 0 Å². The van der Waals surface area contributed by atoms with E-state index in [1.54, 1.807) is 0 Å². The van der Waals surface area contributed by atoms with Gasteiger partial charge in [0.15, 0.2) is 0 Å². The zero-order valence-corrected chi connectivity index (χ0v) is 11.8. The second kappa shape index (κ2) is 6.79. The number of aryl methyl sites for hydroxylation is 1. The molecule has 0 saturated heterocycles. The molecular weight excluding hydrogens is 265 g/mol. The molecule has 18 heavy (non-hydrogen) atoms. The largest absolute Gasteiger partial charge is 0.320 e. The Balaban J connectivity index is 0.00000162. The van der Waals surface area contributed by atoms with Crippen molar-refractivity contribution in [2.24, 2.45) is 5.73 Å². The first-order valence-electron chi connectivity index (χ1n) is 5.81. The van der Waals surface area contributed by atoms with Crippen LogP contribution in [0.4, 0.5) is 0 Å². The Morgan fingerprint density at radius 2 is 1.67 bits per heavy atom.